The van der Waals surface area contributed by atoms with Gasteiger partial charge in [-0.05, 0) is 67.1 Å². The molecule has 1 aliphatic carbocycles. The van der Waals surface area contributed by atoms with E-state index in [1.807, 2.05) is 37.3 Å². The van der Waals surface area contributed by atoms with Crippen LogP contribution >= 0.6 is 0 Å². The van der Waals surface area contributed by atoms with Crippen LogP contribution in [0.2, 0.25) is 0 Å². The Labute approximate surface area is 234 Å². The summed E-state index contributed by atoms with van der Waals surface area (Å²) in [6, 6.07) is 20.9. The second kappa shape index (κ2) is 10.8. The minimum Gasteiger partial charge on any atom is -0.377 e. The van der Waals surface area contributed by atoms with E-state index >= 15 is 0 Å². The highest BCUT2D eigenvalue weighted by atomic mass is 19.1. The number of nitrogens with zero attached hydrogens (tertiary/aromatic N) is 5. The zero-order chi connectivity index (χ0) is 28.6. The standard InChI is InChI=1S/C32H30FN7/c1-3-28(21-7-5-4-6-8-21)37-31-23(17-34)18-35-30-20(2)15-25(16-27(30)31)36-32(22-9-11-24(33)12-10-22)29-19-40(39-38-29)26-13-14-26/h4-12,15-16,18-19,26,28,32,36H,3,13-14H2,1-2H3,(H,35,37)/t28-,32?/m1/s1/i32D. The summed E-state index contributed by atoms with van der Waals surface area (Å²) >= 11 is 0. The third kappa shape index (κ3) is 5.10. The Kier molecular flexibility index (Phi) is 6.54. The van der Waals surface area contributed by atoms with E-state index in [9.17, 15) is 11.0 Å². The summed E-state index contributed by atoms with van der Waals surface area (Å²) in [5.41, 5.74) is 5.47. The highest BCUT2D eigenvalue weighted by Crippen LogP contribution is 2.37. The number of rotatable bonds is 9. The maximum atomic E-state index is 13.9. The molecule has 2 atom stereocenters. The Bertz CT molecular complexity index is 1740. The highest BCUT2D eigenvalue weighted by Gasteiger charge is 2.27. The second-order valence-corrected chi connectivity index (χ2v) is 10.2. The van der Waals surface area contributed by atoms with E-state index in [0.717, 1.165) is 41.3 Å². The summed E-state index contributed by atoms with van der Waals surface area (Å²) in [5.74, 6) is -0.381. The number of nitrogens with one attached hydrogen (secondary N) is 2. The molecule has 2 heterocycles. The predicted octanol–water partition coefficient (Wildman–Crippen LogP) is 7.25. The first-order valence-corrected chi connectivity index (χ1v) is 13.5. The molecule has 1 saturated carbocycles. The van der Waals surface area contributed by atoms with Crippen molar-refractivity contribution < 1.29 is 5.76 Å². The molecule has 2 N–H and O–H groups in total. The Morgan fingerprint density at radius 1 is 1.10 bits per heavy atom. The van der Waals surface area contributed by atoms with Crippen LogP contribution in [0.1, 0.15) is 73.6 Å². The zero-order valence-corrected chi connectivity index (χ0v) is 22.4. The molecule has 5 aromatic rings. The average Bonchev–Trinajstić information content (AvgIpc) is 3.72. The molecule has 8 heteroatoms. The van der Waals surface area contributed by atoms with Crippen LogP contribution in [0.3, 0.4) is 0 Å². The van der Waals surface area contributed by atoms with E-state index < -0.39 is 6.02 Å². The maximum Gasteiger partial charge on any atom is 0.123 e. The van der Waals surface area contributed by atoms with Crippen LogP contribution in [0.5, 0.6) is 0 Å². The van der Waals surface area contributed by atoms with Gasteiger partial charge in [-0.2, -0.15) is 5.26 Å². The Morgan fingerprint density at radius 2 is 1.88 bits per heavy atom. The smallest absolute Gasteiger partial charge is 0.123 e. The summed E-state index contributed by atoms with van der Waals surface area (Å²) in [4.78, 5) is 4.61. The number of hydrogen-bond acceptors (Lipinski definition) is 6. The molecule has 3 aromatic carbocycles. The van der Waals surface area contributed by atoms with Gasteiger partial charge in [0.05, 0.1) is 42.4 Å². The molecule has 7 nitrogen and oxygen atoms in total. The SMILES string of the molecule is [2H]C(Nc1cc(C)c2ncc(C#N)c(N[C@H](CC)c3ccccc3)c2c1)(c1ccc(F)cc1)c1cn(C2CC2)nn1. The van der Waals surface area contributed by atoms with E-state index in [0.29, 0.717) is 34.2 Å². The van der Waals surface area contributed by atoms with Crippen LogP contribution in [0.15, 0.2) is 79.1 Å². The molecule has 40 heavy (non-hydrogen) atoms. The quantitative estimate of drug-likeness (QED) is 0.208. The fraction of sp³-hybridized carbons (Fsp3) is 0.250. The molecule has 1 aliphatic rings. The van der Waals surface area contributed by atoms with Crippen molar-refractivity contribution in [3.05, 3.63) is 113 Å². The van der Waals surface area contributed by atoms with Crippen LogP contribution < -0.4 is 10.6 Å². The van der Waals surface area contributed by atoms with E-state index in [-0.39, 0.29) is 11.9 Å². The molecule has 6 rings (SSSR count). The molecule has 1 unspecified atom stereocenters. The molecule has 0 spiro atoms. The number of aryl methyl sites for hydroxylation is 1. The van der Waals surface area contributed by atoms with Crippen LogP contribution in [0, 0.1) is 24.1 Å². The molecular formula is C32H30FN7. The molecule has 0 aliphatic heterocycles. The third-order valence-electron chi connectivity index (χ3n) is 7.30. The molecule has 0 saturated heterocycles. The van der Waals surface area contributed by atoms with Crippen molar-refractivity contribution in [1.82, 2.24) is 20.0 Å². The van der Waals surface area contributed by atoms with Gasteiger partial charge in [0, 0.05) is 17.3 Å². The van der Waals surface area contributed by atoms with Crippen molar-refractivity contribution in [1.29, 1.82) is 5.26 Å². The molecule has 0 amide bonds. The fourth-order valence-corrected chi connectivity index (χ4v) is 5.03. The molecule has 0 radical (unpaired) electrons. The largest absolute Gasteiger partial charge is 0.377 e. The van der Waals surface area contributed by atoms with Crippen LogP contribution in [-0.4, -0.2) is 20.0 Å². The lowest BCUT2D eigenvalue weighted by Gasteiger charge is -2.23. The minimum absolute atomic E-state index is 0.0160. The topological polar surface area (TPSA) is 91.5 Å². The van der Waals surface area contributed by atoms with Gasteiger partial charge in [-0.1, -0.05) is 54.6 Å². The van der Waals surface area contributed by atoms with Gasteiger partial charge in [0.1, 0.15) is 17.6 Å². The number of fused-ring (bicyclic) bond motifs is 1. The van der Waals surface area contributed by atoms with Gasteiger partial charge in [-0.25, -0.2) is 9.07 Å². The van der Waals surface area contributed by atoms with Gasteiger partial charge in [-0.3, -0.25) is 4.98 Å². The lowest BCUT2D eigenvalue weighted by atomic mass is 10.00. The number of pyridine rings is 1. The fourth-order valence-electron chi connectivity index (χ4n) is 5.03. The van der Waals surface area contributed by atoms with Crippen molar-refractivity contribution in [3.8, 4) is 6.07 Å². The number of nitriles is 1. The van der Waals surface area contributed by atoms with Gasteiger partial charge in [0.2, 0.25) is 0 Å². The summed E-state index contributed by atoms with van der Waals surface area (Å²) in [6.07, 6.45) is 6.28. The third-order valence-corrected chi connectivity index (χ3v) is 7.30. The van der Waals surface area contributed by atoms with Gasteiger partial charge >= 0.3 is 0 Å². The van der Waals surface area contributed by atoms with Crippen LogP contribution in [-0.2, 0) is 0 Å². The average molecular weight is 533 g/mol. The first-order valence-electron chi connectivity index (χ1n) is 14.0. The molecular weight excluding hydrogens is 501 g/mol. The molecule has 1 fully saturated rings. The molecule has 200 valence electrons. The predicted molar refractivity (Wildman–Crippen MR) is 154 cm³/mol. The van der Waals surface area contributed by atoms with Gasteiger partial charge in [0.15, 0.2) is 0 Å². The first-order chi connectivity index (χ1) is 19.9. The van der Waals surface area contributed by atoms with Crippen molar-refractivity contribution in [2.24, 2.45) is 0 Å². The van der Waals surface area contributed by atoms with E-state index in [1.165, 1.54) is 12.1 Å². The number of halogens is 1. The second-order valence-electron chi connectivity index (χ2n) is 10.2. The summed E-state index contributed by atoms with van der Waals surface area (Å²) < 4.78 is 25.3. The highest BCUT2D eigenvalue weighted by molar-refractivity contribution is 5.98. The van der Waals surface area contributed by atoms with Gasteiger partial charge < -0.3 is 10.6 Å². The van der Waals surface area contributed by atoms with Crippen molar-refractivity contribution >= 4 is 22.3 Å². The first kappa shape index (κ1) is 24.3. The van der Waals surface area contributed by atoms with Gasteiger partial charge in [-0.15, -0.1) is 5.10 Å². The van der Waals surface area contributed by atoms with Crippen molar-refractivity contribution in [2.45, 2.75) is 51.2 Å². The summed E-state index contributed by atoms with van der Waals surface area (Å²) in [5, 5.41) is 26.4. The number of benzene rings is 3. The van der Waals surface area contributed by atoms with E-state index in [4.69, 9.17) is 0 Å². The Balaban J connectivity index is 1.46. The lowest BCUT2D eigenvalue weighted by Crippen LogP contribution is -2.14. The van der Waals surface area contributed by atoms with Crippen LogP contribution in [0.4, 0.5) is 15.8 Å². The maximum absolute atomic E-state index is 13.9. The van der Waals surface area contributed by atoms with Crippen molar-refractivity contribution in [2.75, 3.05) is 10.6 Å². The van der Waals surface area contributed by atoms with E-state index in [2.05, 4.69) is 51.1 Å². The normalized spacial score (nSPS) is 15.6. The van der Waals surface area contributed by atoms with E-state index in [1.54, 1.807) is 29.2 Å². The molecule has 0 bridgehead atoms. The number of hydrogen-bond donors (Lipinski definition) is 2. The Hall–Kier alpha value is -4.77. The summed E-state index contributed by atoms with van der Waals surface area (Å²) in [6.45, 7) is 4.06. The number of aromatic nitrogens is 4. The van der Waals surface area contributed by atoms with Crippen molar-refractivity contribution in [3.63, 3.8) is 0 Å². The Morgan fingerprint density at radius 3 is 2.58 bits per heavy atom. The lowest BCUT2D eigenvalue weighted by molar-refractivity contribution is 0.610. The monoisotopic (exact) mass is 532 g/mol. The van der Waals surface area contributed by atoms with Crippen LogP contribution in [0.25, 0.3) is 10.9 Å². The summed E-state index contributed by atoms with van der Waals surface area (Å²) in [7, 11) is 0. The van der Waals surface area contributed by atoms with Gasteiger partial charge in [0.25, 0.3) is 0 Å². The minimum atomic E-state index is -1.55. The zero-order valence-electron chi connectivity index (χ0n) is 23.4. The molecule has 2 aromatic heterocycles. The number of anilines is 2.